The summed E-state index contributed by atoms with van der Waals surface area (Å²) in [6.07, 6.45) is 6.78. The van der Waals surface area contributed by atoms with E-state index in [4.69, 9.17) is 0 Å². The lowest BCUT2D eigenvalue weighted by Gasteiger charge is -2.16. The summed E-state index contributed by atoms with van der Waals surface area (Å²) in [5, 5.41) is 10.4. The molecule has 0 amide bonds. The van der Waals surface area contributed by atoms with Crippen LogP contribution in [0, 0.1) is 0 Å². The van der Waals surface area contributed by atoms with Gasteiger partial charge >= 0.3 is 0 Å². The third-order valence-electron chi connectivity index (χ3n) is 3.47. The minimum Gasteiger partial charge on any atom is -0.374 e. The van der Waals surface area contributed by atoms with E-state index in [0.717, 1.165) is 19.3 Å². The second kappa shape index (κ2) is 5.49. The van der Waals surface area contributed by atoms with E-state index >= 15 is 0 Å². The maximum atomic E-state index is 12.1. The van der Waals surface area contributed by atoms with Crippen LogP contribution in [0.15, 0.2) is 36.4 Å². The van der Waals surface area contributed by atoms with Crippen LogP contribution < -0.4 is 0 Å². The zero-order valence-electron chi connectivity index (χ0n) is 11.1. The fraction of sp³-hybridized carbons (Fsp3) is 0.375. The third kappa shape index (κ3) is 2.38. The van der Waals surface area contributed by atoms with Crippen molar-refractivity contribution in [2.24, 2.45) is 0 Å². The highest BCUT2D eigenvalue weighted by Crippen LogP contribution is 2.32. The average Bonchev–Trinajstić information content (AvgIpc) is 2.62. The Morgan fingerprint density at radius 3 is 2.21 bits per heavy atom. The lowest BCUT2D eigenvalue weighted by atomic mass is 9.93. The number of rotatable bonds is 5. The molecule has 0 heterocycles. The molecular formula is C16H18O3. The molecule has 100 valence electrons. The van der Waals surface area contributed by atoms with Crippen molar-refractivity contribution in [1.82, 2.24) is 0 Å². The lowest BCUT2D eigenvalue weighted by Crippen LogP contribution is -2.40. The first-order valence-corrected chi connectivity index (χ1v) is 6.67. The molecule has 0 spiro atoms. The number of benzene rings is 1. The van der Waals surface area contributed by atoms with Crippen LogP contribution in [0.3, 0.4) is 0 Å². The van der Waals surface area contributed by atoms with E-state index in [2.05, 4.69) is 6.92 Å². The SMILES string of the molecule is CCCC/C=C/CC1(O)C(=O)c2ccccc2C1=O. The largest absolute Gasteiger partial charge is 0.374 e. The van der Waals surface area contributed by atoms with Crippen molar-refractivity contribution in [3.63, 3.8) is 0 Å². The van der Waals surface area contributed by atoms with Gasteiger partial charge in [0, 0.05) is 17.5 Å². The summed E-state index contributed by atoms with van der Waals surface area (Å²) in [6, 6.07) is 6.59. The molecule has 0 fully saturated rings. The Morgan fingerprint density at radius 2 is 1.68 bits per heavy atom. The van der Waals surface area contributed by atoms with Gasteiger partial charge in [-0.05, 0) is 6.42 Å². The molecular weight excluding hydrogens is 240 g/mol. The van der Waals surface area contributed by atoms with E-state index in [-0.39, 0.29) is 6.42 Å². The van der Waals surface area contributed by atoms with Gasteiger partial charge in [0.1, 0.15) is 0 Å². The van der Waals surface area contributed by atoms with Crippen LogP contribution in [-0.4, -0.2) is 22.3 Å². The number of ketones is 2. The number of hydrogen-bond acceptors (Lipinski definition) is 3. The van der Waals surface area contributed by atoms with E-state index < -0.39 is 17.2 Å². The summed E-state index contributed by atoms with van der Waals surface area (Å²) in [5.74, 6) is -0.957. The van der Waals surface area contributed by atoms with Gasteiger partial charge in [-0.15, -0.1) is 0 Å². The first-order valence-electron chi connectivity index (χ1n) is 6.67. The molecule has 0 atom stereocenters. The van der Waals surface area contributed by atoms with Gasteiger partial charge in [-0.25, -0.2) is 0 Å². The van der Waals surface area contributed by atoms with E-state index in [1.807, 2.05) is 6.08 Å². The Kier molecular flexibility index (Phi) is 3.96. The van der Waals surface area contributed by atoms with Gasteiger partial charge in [-0.2, -0.15) is 0 Å². The van der Waals surface area contributed by atoms with Crippen LogP contribution in [0.1, 0.15) is 53.3 Å². The van der Waals surface area contributed by atoms with Crippen molar-refractivity contribution < 1.29 is 14.7 Å². The van der Waals surface area contributed by atoms with Gasteiger partial charge in [0.2, 0.25) is 11.6 Å². The van der Waals surface area contributed by atoms with Gasteiger partial charge in [-0.3, -0.25) is 9.59 Å². The van der Waals surface area contributed by atoms with E-state index in [0.29, 0.717) is 11.1 Å². The normalized spacial score (nSPS) is 17.2. The van der Waals surface area contributed by atoms with Crippen LogP contribution >= 0.6 is 0 Å². The fourth-order valence-corrected chi connectivity index (χ4v) is 2.31. The van der Waals surface area contributed by atoms with Crippen LogP contribution in [0.2, 0.25) is 0 Å². The molecule has 0 aromatic heterocycles. The summed E-state index contributed by atoms with van der Waals surface area (Å²) < 4.78 is 0. The summed E-state index contributed by atoms with van der Waals surface area (Å²) in [4.78, 5) is 24.3. The highest BCUT2D eigenvalue weighted by atomic mass is 16.3. The van der Waals surface area contributed by atoms with Crippen LogP contribution in [0.25, 0.3) is 0 Å². The van der Waals surface area contributed by atoms with Crippen molar-refractivity contribution in [3.05, 3.63) is 47.5 Å². The molecule has 0 saturated carbocycles. The average molecular weight is 258 g/mol. The summed E-state index contributed by atoms with van der Waals surface area (Å²) in [6.45, 7) is 2.10. The Balaban J connectivity index is 2.15. The Labute approximate surface area is 113 Å². The zero-order chi connectivity index (χ0) is 13.9. The maximum Gasteiger partial charge on any atom is 0.203 e. The number of hydrogen-bond donors (Lipinski definition) is 1. The minimum absolute atomic E-state index is 0.0586. The first-order chi connectivity index (χ1) is 9.11. The predicted molar refractivity (Wildman–Crippen MR) is 73.3 cm³/mol. The van der Waals surface area contributed by atoms with E-state index in [9.17, 15) is 14.7 Å². The number of carbonyl (C=O) groups excluding carboxylic acids is 2. The molecule has 1 N–H and O–H groups in total. The smallest absolute Gasteiger partial charge is 0.203 e. The lowest BCUT2D eigenvalue weighted by molar-refractivity contribution is 0.0343. The Bertz CT molecular complexity index is 494. The number of Topliss-reactive ketones (excluding diaryl/α,β-unsaturated/α-hetero) is 2. The van der Waals surface area contributed by atoms with Crippen molar-refractivity contribution in [1.29, 1.82) is 0 Å². The second-order valence-electron chi connectivity index (χ2n) is 4.88. The molecule has 19 heavy (non-hydrogen) atoms. The van der Waals surface area contributed by atoms with Gasteiger partial charge in [0.05, 0.1) is 0 Å². The van der Waals surface area contributed by atoms with Crippen LogP contribution in [-0.2, 0) is 0 Å². The van der Waals surface area contributed by atoms with Crippen molar-refractivity contribution >= 4 is 11.6 Å². The number of unbranched alkanes of at least 4 members (excludes halogenated alkanes) is 2. The minimum atomic E-state index is -1.90. The molecule has 0 saturated heterocycles. The monoisotopic (exact) mass is 258 g/mol. The summed E-state index contributed by atoms with van der Waals surface area (Å²) in [5.41, 5.74) is -1.24. The van der Waals surface area contributed by atoms with Gasteiger partial charge < -0.3 is 5.11 Å². The van der Waals surface area contributed by atoms with E-state index in [1.165, 1.54) is 0 Å². The van der Waals surface area contributed by atoms with Gasteiger partial charge in [0.25, 0.3) is 0 Å². The van der Waals surface area contributed by atoms with Crippen LogP contribution in [0.5, 0.6) is 0 Å². The number of aliphatic hydroxyl groups is 1. The topological polar surface area (TPSA) is 54.4 Å². The molecule has 1 aliphatic rings. The fourth-order valence-electron chi connectivity index (χ4n) is 2.31. The van der Waals surface area contributed by atoms with Crippen molar-refractivity contribution in [2.45, 2.75) is 38.2 Å². The molecule has 0 aliphatic heterocycles. The predicted octanol–water partition coefficient (Wildman–Crippen LogP) is 2.93. The standard InChI is InChI=1S/C16H18O3/c1-2-3-4-5-8-11-16(19)14(17)12-9-6-7-10-13(12)15(16)18/h5-10,19H,2-4,11H2,1H3/b8-5+. The molecule has 0 unspecified atom stereocenters. The highest BCUT2D eigenvalue weighted by molar-refractivity contribution is 6.31. The van der Waals surface area contributed by atoms with E-state index in [1.54, 1.807) is 30.3 Å². The molecule has 1 aromatic rings. The highest BCUT2D eigenvalue weighted by Gasteiger charge is 2.50. The van der Waals surface area contributed by atoms with Gasteiger partial charge in [0.15, 0.2) is 5.60 Å². The molecule has 1 aliphatic carbocycles. The zero-order valence-corrected chi connectivity index (χ0v) is 11.1. The number of carbonyl (C=O) groups is 2. The second-order valence-corrected chi connectivity index (χ2v) is 4.88. The molecule has 0 bridgehead atoms. The Morgan fingerprint density at radius 1 is 1.11 bits per heavy atom. The molecule has 1 aromatic carbocycles. The van der Waals surface area contributed by atoms with Gasteiger partial charge in [-0.1, -0.05) is 56.2 Å². The Hall–Kier alpha value is -1.74. The van der Waals surface area contributed by atoms with Crippen LogP contribution in [0.4, 0.5) is 0 Å². The molecule has 2 rings (SSSR count). The number of allylic oxidation sites excluding steroid dienone is 1. The first kappa shape index (κ1) is 13.7. The van der Waals surface area contributed by atoms with Crippen molar-refractivity contribution in [2.75, 3.05) is 0 Å². The maximum absolute atomic E-state index is 12.1. The summed E-state index contributed by atoms with van der Waals surface area (Å²) >= 11 is 0. The third-order valence-corrected chi connectivity index (χ3v) is 3.47. The summed E-state index contributed by atoms with van der Waals surface area (Å²) in [7, 11) is 0. The quantitative estimate of drug-likeness (QED) is 0.502. The van der Waals surface area contributed by atoms with Crippen molar-refractivity contribution in [3.8, 4) is 0 Å². The molecule has 3 heteroatoms. The molecule has 3 nitrogen and oxygen atoms in total. The number of fused-ring (bicyclic) bond motifs is 1. The molecule has 0 radical (unpaired) electrons.